The number of carbonyl (C=O) groups excluding carboxylic acids is 1. The summed E-state index contributed by atoms with van der Waals surface area (Å²) < 4.78 is 45.4. The number of rotatable bonds is 4. The van der Waals surface area contributed by atoms with Crippen molar-refractivity contribution in [2.45, 2.75) is 31.6 Å². The van der Waals surface area contributed by atoms with Gasteiger partial charge in [0.05, 0.1) is 23.6 Å². The molecule has 0 saturated carbocycles. The van der Waals surface area contributed by atoms with Crippen LogP contribution in [0.5, 0.6) is 0 Å². The molecule has 12 heteroatoms. The van der Waals surface area contributed by atoms with E-state index in [4.69, 9.17) is 0 Å². The summed E-state index contributed by atoms with van der Waals surface area (Å²) in [6, 6.07) is 9.90. The number of aromatic nitrogens is 4. The quantitative estimate of drug-likeness (QED) is 0.425. The summed E-state index contributed by atoms with van der Waals surface area (Å²) in [5, 5.41) is 11.3. The molecule has 0 radical (unpaired) electrons. The molecule has 5 rings (SSSR count). The van der Waals surface area contributed by atoms with Crippen LogP contribution in [-0.2, 0) is 7.05 Å². The molecule has 0 spiro atoms. The maximum absolute atomic E-state index is 13.9. The Hall–Kier alpha value is -3.80. The Bertz CT molecular complexity index is 1440. The lowest BCUT2D eigenvalue weighted by atomic mass is 10.0. The number of anilines is 2. The van der Waals surface area contributed by atoms with Gasteiger partial charge in [0, 0.05) is 18.3 Å². The molecule has 0 bridgehead atoms. The molecule has 0 aliphatic carbocycles. The predicted octanol–water partition coefficient (Wildman–Crippen LogP) is 4.66. The highest BCUT2D eigenvalue weighted by molar-refractivity contribution is 7.10. The fraction of sp³-hybridized carbons (Fsp3) is 0.261. The number of para-hydroxylation sites is 1. The van der Waals surface area contributed by atoms with Crippen molar-refractivity contribution in [3.05, 3.63) is 80.5 Å². The third-order valence-electron chi connectivity index (χ3n) is 6.16. The van der Waals surface area contributed by atoms with E-state index in [1.54, 1.807) is 60.4 Å². The first-order valence-corrected chi connectivity index (χ1v) is 11.6. The third kappa shape index (κ3) is 3.93. The van der Waals surface area contributed by atoms with Crippen molar-refractivity contribution >= 4 is 28.7 Å². The van der Waals surface area contributed by atoms with Crippen LogP contribution in [0.1, 0.15) is 39.4 Å². The Balaban J connectivity index is 1.51. The van der Waals surface area contributed by atoms with Crippen LogP contribution in [0.15, 0.2) is 58.8 Å². The largest absolute Gasteiger partial charge is 0.410 e. The van der Waals surface area contributed by atoms with Gasteiger partial charge in [-0.1, -0.05) is 24.3 Å². The molecule has 1 aliphatic rings. The van der Waals surface area contributed by atoms with Crippen LogP contribution in [0.4, 0.5) is 24.7 Å². The zero-order valence-corrected chi connectivity index (χ0v) is 19.5. The second-order valence-electron chi connectivity index (χ2n) is 8.25. The number of hydrogen-bond donors (Lipinski definition) is 2. The minimum atomic E-state index is -4.55. The molecule has 0 unspecified atom stereocenters. The second-order valence-corrected chi connectivity index (χ2v) is 9.23. The predicted molar refractivity (Wildman–Crippen MR) is 126 cm³/mol. The number of hydrogen-bond acceptors (Lipinski definition) is 5. The summed E-state index contributed by atoms with van der Waals surface area (Å²) >= 11 is 1.34. The molecule has 2 atom stereocenters. The fourth-order valence-electron chi connectivity index (χ4n) is 4.30. The normalized spacial score (nSPS) is 17.6. The molecule has 4 heterocycles. The van der Waals surface area contributed by atoms with Crippen molar-refractivity contribution in [1.82, 2.24) is 19.1 Å². The zero-order chi connectivity index (χ0) is 24.9. The Morgan fingerprint density at radius 2 is 1.94 bits per heavy atom. The molecule has 0 saturated heterocycles. The van der Waals surface area contributed by atoms with Gasteiger partial charge >= 0.3 is 6.18 Å². The summed E-state index contributed by atoms with van der Waals surface area (Å²) in [5.74, 6) is -0.760. The minimum Gasteiger partial charge on any atom is -0.362 e. The SMILES string of the molecule is Cc1c(NC(=O)c2cnn3c2N[C@@H](c2cccs2)C[C@@H]3C(F)(F)F)c(=O)n(-c2ccccc2)n1C. The highest BCUT2D eigenvalue weighted by atomic mass is 32.1. The highest BCUT2D eigenvalue weighted by Crippen LogP contribution is 2.45. The van der Waals surface area contributed by atoms with E-state index < -0.39 is 29.7 Å². The van der Waals surface area contributed by atoms with Crippen LogP contribution in [-0.4, -0.2) is 31.2 Å². The van der Waals surface area contributed by atoms with Crippen molar-refractivity contribution in [2.75, 3.05) is 10.6 Å². The first-order valence-electron chi connectivity index (χ1n) is 10.8. The van der Waals surface area contributed by atoms with Crippen molar-refractivity contribution in [2.24, 2.45) is 7.05 Å². The maximum atomic E-state index is 13.9. The van der Waals surface area contributed by atoms with Crippen molar-refractivity contribution in [3.8, 4) is 5.69 Å². The van der Waals surface area contributed by atoms with Crippen molar-refractivity contribution in [3.63, 3.8) is 0 Å². The van der Waals surface area contributed by atoms with Crippen molar-refractivity contribution < 1.29 is 18.0 Å². The van der Waals surface area contributed by atoms with Gasteiger partial charge in [0.15, 0.2) is 6.04 Å². The molecule has 3 aromatic heterocycles. The first kappa shape index (κ1) is 23.0. The summed E-state index contributed by atoms with van der Waals surface area (Å²) in [6.45, 7) is 1.68. The van der Waals surface area contributed by atoms with Gasteiger partial charge in [0.25, 0.3) is 11.5 Å². The van der Waals surface area contributed by atoms with Crippen LogP contribution in [0.3, 0.4) is 0 Å². The van der Waals surface area contributed by atoms with E-state index in [-0.39, 0.29) is 23.5 Å². The minimum absolute atomic E-state index is 0.0357. The molecule has 182 valence electrons. The number of alkyl halides is 3. The number of benzene rings is 1. The lowest BCUT2D eigenvalue weighted by molar-refractivity contribution is -0.173. The summed E-state index contributed by atoms with van der Waals surface area (Å²) in [4.78, 5) is 27.1. The molecular weight excluding hydrogens is 481 g/mol. The van der Waals surface area contributed by atoms with Crippen LogP contribution < -0.4 is 16.2 Å². The van der Waals surface area contributed by atoms with Gasteiger partial charge in [-0.3, -0.25) is 14.3 Å². The van der Waals surface area contributed by atoms with E-state index in [1.165, 1.54) is 16.0 Å². The van der Waals surface area contributed by atoms with E-state index >= 15 is 0 Å². The number of nitrogens with zero attached hydrogens (tertiary/aromatic N) is 4. The molecule has 35 heavy (non-hydrogen) atoms. The van der Waals surface area contributed by atoms with E-state index in [2.05, 4.69) is 15.7 Å². The molecular formula is C23H21F3N6O2S. The van der Waals surface area contributed by atoms with E-state index in [0.29, 0.717) is 11.4 Å². The van der Waals surface area contributed by atoms with Gasteiger partial charge in [-0.25, -0.2) is 9.36 Å². The van der Waals surface area contributed by atoms with Crippen LogP contribution in [0.25, 0.3) is 5.69 Å². The van der Waals surface area contributed by atoms with Gasteiger partial charge in [-0.15, -0.1) is 11.3 Å². The smallest absolute Gasteiger partial charge is 0.362 e. The first-order chi connectivity index (χ1) is 16.7. The lowest BCUT2D eigenvalue weighted by Gasteiger charge is -2.33. The average Bonchev–Trinajstić information content (AvgIpc) is 3.55. The van der Waals surface area contributed by atoms with Gasteiger partial charge in [0.1, 0.15) is 17.1 Å². The number of fused-ring (bicyclic) bond motifs is 1. The van der Waals surface area contributed by atoms with E-state index in [0.717, 1.165) is 15.8 Å². The number of carbonyl (C=O) groups is 1. The molecule has 1 aliphatic heterocycles. The second kappa shape index (κ2) is 8.45. The third-order valence-corrected chi connectivity index (χ3v) is 7.15. The van der Waals surface area contributed by atoms with Crippen LogP contribution in [0.2, 0.25) is 0 Å². The Morgan fingerprint density at radius 1 is 1.20 bits per heavy atom. The molecule has 1 amide bonds. The fourth-order valence-corrected chi connectivity index (χ4v) is 5.09. The number of thiophene rings is 1. The Morgan fingerprint density at radius 3 is 2.60 bits per heavy atom. The number of halogens is 3. The Labute approximate surface area is 201 Å². The zero-order valence-electron chi connectivity index (χ0n) is 18.7. The molecule has 8 nitrogen and oxygen atoms in total. The standard InChI is InChI=1S/C23H21F3N6O2S/c1-13-19(22(34)32(30(13)2)14-7-4-3-5-8-14)29-21(33)15-12-27-31-18(23(24,25)26)11-16(28-20(15)31)17-9-6-10-35-17/h3-10,12,16,18,28H,11H2,1-2H3,(H,29,33)/t16-,18-/m1/s1. The Kier molecular flexibility index (Phi) is 5.55. The topological polar surface area (TPSA) is 85.9 Å². The van der Waals surface area contributed by atoms with Gasteiger partial charge in [-0.05, 0) is 30.5 Å². The molecule has 1 aromatic carbocycles. The van der Waals surface area contributed by atoms with Crippen LogP contribution >= 0.6 is 11.3 Å². The lowest BCUT2D eigenvalue weighted by Crippen LogP contribution is -2.36. The van der Waals surface area contributed by atoms with E-state index in [9.17, 15) is 22.8 Å². The number of nitrogens with one attached hydrogen (secondary N) is 2. The van der Waals surface area contributed by atoms with E-state index in [1.807, 2.05) is 6.07 Å². The van der Waals surface area contributed by atoms with Crippen LogP contribution in [0, 0.1) is 6.92 Å². The van der Waals surface area contributed by atoms with Crippen molar-refractivity contribution in [1.29, 1.82) is 0 Å². The average molecular weight is 503 g/mol. The van der Waals surface area contributed by atoms with Gasteiger partial charge < -0.3 is 10.6 Å². The highest BCUT2D eigenvalue weighted by Gasteiger charge is 2.47. The van der Waals surface area contributed by atoms with Gasteiger partial charge in [0.2, 0.25) is 0 Å². The molecule has 4 aromatic rings. The van der Waals surface area contributed by atoms with Gasteiger partial charge in [-0.2, -0.15) is 18.3 Å². The molecule has 0 fully saturated rings. The summed E-state index contributed by atoms with van der Waals surface area (Å²) in [5.41, 5.74) is 0.614. The molecule has 2 N–H and O–H groups in total. The monoisotopic (exact) mass is 502 g/mol. The summed E-state index contributed by atoms with van der Waals surface area (Å²) in [7, 11) is 1.68. The number of amides is 1. The summed E-state index contributed by atoms with van der Waals surface area (Å²) in [6.07, 6.45) is -3.70. The maximum Gasteiger partial charge on any atom is 0.410 e.